The number of hydrogen-bond donors (Lipinski definition) is 2. The zero-order chi connectivity index (χ0) is 15.4. The van der Waals surface area contributed by atoms with Gasteiger partial charge in [0.25, 0.3) is 0 Å². The van der Waals surface area contributed by atoms with Crippen molar-refractivity contribution in [2.75, 3.05) is 16.8 Å². The van der Waals surface area contributed by atoms with Crippen LogP contribution in [0.15, 0.2) is 47.4 Å². The largest absolute Gasteiger partial charge is 0.399 e. The Labute approximate surface area is 124 Å². The van der Waals surface area contributed by atoms with Gasteiger partial charge in [0, 0.05) is 16.3 Å². The van der Waals surface area contributed by atoms with Crippen LogP contribution in [-0.2, 0) is 15.6 Å². The van der Waals surface area contributed by atoms with Crippen LogP contribution in [0.2, 0.25) is 0 Å². The molecule has 1 amide bonds. The summed E-state index contributed by atoms with van der Waals surface area (Å²) in [5.41, 5.74) is 7.66. The molecule has 0 saturated carbocycles. The molecule has 21 heavy (non-hydrogen) atoms. The third-order valence-corrected chi connectivity index (χ3v) is 4.20. The van der Waals surface area contributed by atoms with Crippen LogP contribution in [0.4, 0.5) is 15.8 Å². The van der Waals surface area contributed by atoms with Crippen molar-refractivity contribution in [3.8, 4) is 0 Å². The first-order valence-corrected chi connectivity index (χ1v) is 7.57. The van der Waals surface area contributed by atoms with Crippen molar-refractivity contribution in [3.05, 3.63) is 53.8 Å². The van der Waals surface area contributed by atoms with Crippen LogP contribution >= 0.6 is 0 Å². The molecule has 110 valence electrons. The van der Waals surface area contributed by atoms with Crippen molar-refractivity contribution in [1.29, 1.82) is 0 Å². The minimum atomic E-state index is -1.52. The quantitative estimate of drug-likeness (QED) is 0.852. The van der Waals surface area contributed by atoms with Crippen molar-refractivity contribution >= 4 is 28.1 Å². The molecule has 2 aromatic rings. The van der Waals surface area contributed by atoms with Crippen LogP contribution in [0.5, 0.6) is 0 Å². The first-order valence-electron chi connectivity index (χ1n) is 6.25. The van der Waals surface area contributed by atoms with Gasteiger partial charge in [-0.2, -0.15) is 0 Å². The molecule has 1 unspecified atom stereocenters. The van der Waals surface area contributed by atoms with E-state index in [2.05, 4.69) is 5.32 Å². The van der Waals surface area contributed by atoms with E-state index in [9.17, 15) is 13.4 Å². The number of nitrogens with two attached hydrogens (primary N) is 1. The minimum Gasteiger partial charge on any atom is -0.399 e. The molecule has 0 aromatic heterocycles. The molecule has 1 atom stereocenters. The third-order valence-electron chi connectivity index (χ3n) is 2.87. The van der Waals surface area contributed by atoms with Gasteiger partial charge in [-0.05, 0) is 48.9 Å². The van der Waals surface area contributed by atoms with Crippen molar-refractivity contribution in [1.82, 2.24) is 0 Å². The lowest BCUT2D eigenvalue weighted by Gasteiger charge is -2.09. The van der Waals surface area contributed by atoms with Gasteiger partial charge in [0.05, 0.1) is 10.8 Å². The van der Waals surface area contributed by atoms with Gasteiger partial charge in [0.1, 0.15) is 11.6 Å². The molecule has 0 saturated heterocycles. The Morgan fingerprint density at radius 2 is 1.90 bits per heavy atom. The summed E-state index contributed by atoms with van der Waals surface area (Å²) in [4.78, 5) is 12.3. The summed E-state index contributed by atoms with van der Waals surface area (Å²) in [5, 5.41) is 2.68. The van der Waals surface area contributed by atoms with Crippen molar-refractivity contribution in [3.63, 3.8) is 0 Å². The molecule has 0 aliphatic carbocycles. The zero-order valence-electron chi connectivity index (χ0n) is 11.4. The number of carbonyl (C=O) groups is 1. The molecule has 4 nitrogen and oxygen atoms in total. The number of hydrogen-bond acceptors (Lipinski definition) is 3. The van der Waals surface area contributed by atoms with E-state index in [-0.39, 0.29) is 11.7 Å². The van der Waals surface area contributed by atoms with E-state index < -0.39 is 16.6 Å². The fourth-order valence-electron chi connectivity index (χ4n) is 1.75. The van der Waals surface area contributed by atoms with Gasteiger partial charge in [-0.25, -0.2) is 4.39 Å². The van der Waals surface area contributed by atoms with Gasteiger partial charge in [0.2, 0.25) is 5.91 Å². The fourth-order valence-corrected chi connectivity index (χ4v) is 2.67. The number of rotatable bonds is 4. The third kappa shape index (κ3) is 4.13. The predicted octanol–water partition coefficient (Wildman–Crippen LogP) is 2.46. The molecular weight excluding hydrogens is 291 g/mol. The average Bonchev–Trinajstić information content (AvgIpc) is 2.43. The smallest absolute Gasteiger partial charge is 0.237 e. The number of benzene rings is 2. The number of nitrogens with one attached hydrogen (secondary N) is 1. The van der Waals surface area contributed by atoms with E-state index >= 15 is 0 Å². The second kappa shape index (κ2) is 6.49. The summed E-state index contributed by atoms with van der Waals surface area (Å²) in [6.45, 7) is 1.84. The molecule has 0 aliphatic heterocycles. The maximum atomic E-state index is 12.8. The predicted molar refractivity (Wildman–Crippen MR) is 81.9 cm³/mol. The number of amides is 1. The highest BCUT2D eigenvalue weighted by atomic mass is 32.2. The van der Waals surface area contributed by atoms with E-state index in [0.717, 1.165) is 5.56 Å². The van der Waals surface area contributed by atoms with Crippen LogP contribution in [-0.4, -0.2) is 15.9 Å². The molecule has 0 radical (unpaired) electrons. The van der Waals surface area contributed by atoms with Crippen molar-refractivity contribution in [2.45, 2.75) is 11.8 Å². The molecule has 6 heteroatoms. The molecule has 0 fully saturated rings. The molecule has 2 rings (SSSR count). The van der Waals surface area contributed by atoms with Crippen LogP contribution in [0, 0.1) is 12.7 Å². The van der Waals surface area contributed by atoms with Crippen LogP contribution in [0.3, 0.4) is 0 Å². The lowest BCUT2D eigenvalue weighted by Crippen LogP contribution is -2.20. The summed E-state index contributed by atoms with van der Waals surface area (Å²) in [5.74, 6) is -0.984. The molecule has 2 aromatic carbocycles. The Bertz CT molecular complexity index is 687. The van der Waals surface area contributed by atoms with E-state index in [0.29, 0.717) is 16.3 Å². The van der Waals surface area contributed by atoms with E-state index in [1.54, 1.807) is 18.2 Å². The SMILES string of the molecule is Cc1ccc(N)cc1NC(=O)CS(=O)c1ccc(F)cc1. The monoisotopic (exact) mass is 306 g/mol. The normalized spacial score (nSPS) is 11.9. The summed E-state index contributed by atoms with van der Waals surface area (Å²) < 4.78 is 24.8. The van der Waals surface area contributed by atoms with Gasteiger partial charge >= 0.3 is 0 Å². The lowest BCUT2D eigenvalue weighted by atomic mass is 10.2. The highest BCUT2D eigenvalue weighted by molar-refractivity contribution is 7.85. The minimum absolute atomic E-state index is 0.195. The number of anilines is 2. The molecule has 0 aliphatic rings. The number of nitrogen functional groups attached to an aromatic ring is 1. The lowest BCUT2D eigenvalue weighted by molar-refractivity contribution is -0.113. The summed E-state index contributed by atoms with van der Waals surface area (Å²) >= 11 is 0. The first kappa shape index (κ1) is 15.2. The fraction of sp³-hybridized carbons (Fsp3) is 0.133. The van der Waals surface area contributed by atoms with Crippen LogP contribution in [0.25, 0.3) is 0 Å². The molecule has 0 bridgehead atoms. The van der Waals surface area contributed by atoms with Gasteiger partial charge in [0.15, 0.2) is 0 Å². The Kier molecular flexibility index (Phi) is 4.70. The van der Waals surface area contributed by atoms with Crippen molar-refractivity contribution < 1.29 is 13.4 Å². The Morgan fingerprint density at radius 1 is 1.24 bits per heavy atom. The molecule has 0 spiro atoms. The van der Waals surface area contributed by atoms with Gasteiger partial charge in [-0.15, -0.1) is 0 Å². The Hall–Kier alpha value is -2.21. The maximum Gasteiger partial charge on any atom is 0.237 e. The van der Waals surface area contributed by atoms with E-state index in [1.807, 2.05) is 6.92 Å². The topological polar surface area (TPSA) is 72.2 Å². The Balaban J connectivity index is 2.03. The van der Waals surface area contributed by atoms with E-state index in [1.165, 1.54) is 24.3 Å². The standard InChI is InChI=1S/C15H15FN2O2S/c1-10-2-5-12(17)8-14(10)18-15(19)9-21(20)13-6-3-11(16)4-7-13/h2-8H,9,17H2,1H3,(H,18,19). The maximum absolute atomic E-state index is 12.8. The molecule has 0 heterocycles. The summed E-state index contributed by atoms with van der Waals surface area (Å²) in [6, 6.07) is 10.4. The summed E-state index contributed by atoms with van der Waals surface area (Å²) in [7, 11) is -1.52. The molecular formula is C15H15FN2O2S. The zero-order valence-corrected chi connectivity index (χ0v) is 12.2. The molecule has 3 N–H and O–H groups in total. The second-order valence-electron chi connectivity index (χ2n) is 4.57. The van der Waals surface area contributed by atoms with Crippen LogP contribution in [0.1, 0.15) is 5.56 Å². The average molecular weight is 306 g/mol. The number of aryl methyl sites for hydroxylation is 1. The number of carbonyl (C=O) groups excluding carboxylic acids is 1. The van der Waals surface area contributed by atoms with Gasteiger partial charge < -0.3 is 11.1 Å². The number of halogens is 1. The van der Waals surface area contributed by atoms with E-state index in [4.69, 9.17) is 5.73 Å². The first-order chi connectivity index (χ1) is 9.95. The van der Waals surface area contributed by atoms with Crippen molar-refractivity contribution in [2.24, 2.45) is 0 Å². The second-order valence-corrected chi connectivity index (χ2v) is 6.02. The Morgan fingerprint density at radius 3 is 2.57 bits per heavy atom. The van der Waals surface area contributed by atoms with Crippen LogP contribution < -0.4 is 11.1 Å². The highest BCUT2D eigenvalue weighted by Gasteiger charge is 2.11. The highest BCUT2D eigenvalue weighted by Crippen LogP contribution is 2.18. The van der Waals surface area contributed by atoms with Gasteiger partial charge in [-0.3, -0.25) is 9.00 Å². The van der Waals surface area contributed by atoms with Gasteiger partial charge in [-0.1, -0.05) is 6.07 Å². The summed E-state index contributed by atoms with van der Waals surface area (Å²) in [6.07, 6.45) is 0.